The molecule has 16 heteroatoms. The summed E-state index contributed by atoms with van der Waals surface area (Å²) in [5, 5.41) is 22.6. The summed E-state index contributed by atoms with van der Waals surface area (Å²) in [6.45, 7) is 0. The van der Waals surface area contributed by atoms with Crippen LogP contribution in [-0.4, -0.2) is 67.3 Å². The molecule has 0 aliphatic heterocycles. The average Bonchev–Trinajstić information content (AvgIpc) is 3.96. The molecule has 6 N–H and O–H groups in total. The van der Waals surface area contributed by atoms with Gasteiger partial charge in [-0.2, -0.15) is 0 Å². The Kier molecular flexibility index (Phi) is 12.4. The molecule has 0 aliphatic rings. The number of nitrogens with zero attached hydrogens (tertiary/aromatic N) is 4. The van der Waals surface area contributed by atoms with Crippen LogP contribution in [0.2, 0.25) is 0 Å². The molecule has 2 aromatic carbocycles. The van der Waals surface area contributed by atoms with E-state index in [1.165, 1.54) is 22.7 Å². The van der Waals surface area contributed by atoms with Gasteiger partial charge in [0.15, 0.2) is 10.3 Å². The molecule has 4 aromatic heterocycles. The zero-order valence-electron chi connectivity index (χ0n) is 28.7. The lowest BCUT2D eigenvalue weighted by molar-refractivity contribution is -0.138. The van der Waals surface area contributed by atoms with E-state index in [4.69, 9.17) is 31.2 Å². The summed E-state index contributed by atoms with van der Waals surface area (Å²) in [5.41, 5.74) is 16.6. The van der Waals surface area contributed by atoms with Crippen molar-refractivity contribution in [2.75, 3.05) is 14.2 Å². The maximum absolute atomic E-state index is 11.4. The number of aromatic nitrogens is 4. The summed E-state index contributed by atoms with van der Waals surface area (Å²) in [6, 6.07) is 22.7. The van der Waals surface area contributed by atoms with Crippen LogP contribution in [0.1, 0.15) is 40.4 Å². The van der Waals surface area contributed by atoms with Crippen molar-refractivity contribution < 1.29 is 38.9 Å². The number of ether oxygens (including phenoxy) is 2. The van der Waals surface area contributed by atoms with Crippen molar-refractivity contribution in [1.82, 2.24) is 19.1 Å². The smallest absolute Gasteiger partial charge is 0.303 e. The third-order valence-electron chi connectivity index (χ3n) is 7.91. The maximum Gasteiger partial charge on any atom is 0.303 e. The van der Waals surface area contributed by atoms with Gasteiger partial charge in [-0.3, -0.25) is 28.3 Å². The number of amides is 2. The van der Waals surface area contributed by atoms with Crippen molar-refractivity contribution in [3.8, 4) is 44.3 Å². The van der Waals surface area contributed by atoms with Gasteiger partial charge < -0.3 is 31.2 Å². The summed E-state index contributed by atoms with van der Waals surface area (Å²) in [6.07, 6.45) is 0.805. The van der Waals surface area contributed by atoms with E-state index in [2.05, 4.69) is 9.97 Å². The Morgan fingerprint density at radius 3 is 1.51 bits per heavy atom. The van der Waals surface area contributed by atoms with Crippen molar-refractivity contribution in [3.63, 3.8) is 0 Å². The number of carbonyl (C=O) groups is 4. The molecule has 0 saturated heterocycles. The number of benzene rings is 2. The van der Waals surface area contributed by atoms with Crippen LogP contribution in [0.4, 0.5) is 0 Å². The lowest BCUT2D eigenvalue weighted by Crippen LogP contribution is -2.14. The Labute approximate surface area is 311 Å². The van der Waals surface area contributed by atoms with Gasteiger partial charge in [0.25, 0.3) is 5.91 Å². The number of carboxylic acids is 2. The fourth-order valence-corrected chi connectivity index (χ4v) is 7.11. The molecule has 0 aliphatic carbocycles. The first kappa shape index (κ1) is 38.0. The Hall–Kier alpha value is -6.26. The van der Waals surface area contributed by atoms with Crippen molar-refractivity contribution in [1.29, 1.82) is 0 Å². The molecule has 0 atom stereocenters. The SMILES string of the molecule is COc1ccc(-c2ccc(CCC(=O)O)n2-c2nc(C(N)=O)cs2)cc1.COc1ccc(-c2ccc(CCC(=O)O)n2-c2nc(CC(N)=O)cs2)cc1. The lowest BCUT2D eigenvalue weighted by atomic mass is 10.1. The molecule has 2 amide bonds. The largest absolute Gasteiger partial charge is 0.497 e. The number of hydrogen-bond donors (Lipinski definition) is 4. The van der Waals surface area contributed by atoms with Gasteiger partial charge >= 0.3 is 11.9 Å². The number of thiazole rings is 2. The molecule has 4 heterocycles. The molecule has 53 heavy (non-hydrogen) atoms. The molecular formula is C37H36N6O8S2. The molecule has 6 aromatic rings. The second-order valence-corrected chi connectivity index (χ2v) is 13.2. The van der Waals surface area contributed by atoms with Crippen molar-refractivity contribution >= 4 is 46.4 Å². The summed E-state index contributed by atoms with van der Waals surface area (Å²) >= 11 is 2.67. The second kappa shape index (κ2) is 17.3. The molecule has 274 valence electrons. The highest BCUT2D eigenvalue weighted by atomic mass is 32.1. The molecule has 0 unspecified atom stereocenters. The first-order chi connectivity index (χ1) is 25.5. The molecule has 0 fully saturated rings. The van der Waals surface area contributed by atoms with Crippen molar-refractivity contribution in [2.45, 2.75) is 32.1 Å². The molecule has 0 spiro atoms. The van der Waals surface area contributed by atoms with E-state index >= 15 is 0 Å². The number of methoxy groups -OCH3 is 2. The Bertz CT molecular complexity index is 2220. The number of carboxylic acid groups (broad SMARTS) is 2. The maximum atomic E-state index is 11.4. The van der Waals surface area contributed by atoms with Crippen LogP contribution in [-0.2, 0) is 33.6 Å². The third-order valence-corrected chi connectivity index (χ3v) is 9.61. The second-order valence-electron chi connectivity index (χ2n) is 11.5. The molecule has 0 bridgehead atoms. The van der Waals surface area contributed by atoms with E-state index in [0.29, 0.717) is 28.8 Å². The van der Waals surface area contributed by atoms with E-state index in [0.717, 1.165) is 45.4 Å². The lowest BCUT2D eigenvalue weighted by Gasteiger charge is -2.11. The van der Waals surface area contributed by atoms with Crippen LogP contribution < -0.4 is 20.9 Å². The first-order valence-corrected chi connectivity index (χ1v) is 17.9. The van der Waals surface area contributed by atoms with Crippen molar-refractivity contribution in [2.24, 2.45) is 11.5 Å². The van der Waals surface area contributed by atoms with Crippen LogP contribution in [0.5, 0.6) is 11.5 Å². The van der Waals surface area contributed by atoms with Crippen LogP contribution in [0, 0.1) is 0 Å². The van der Waals surface area contributed by atoms with Crippen LogP contribution in [0.3, 0.4) is 0 Å². The predicted molar refractivity (Wildman–Crippen MR) is 200 cm³/mol. The van der Waals surface area contributed by atoms with Crippen LogP contribution in [0.15, 0.2) is 83.6 Å². The normalized spacial score (nSPS) is 10.7. The number of primary amides is 2. The van der Waals surface area contributed by atoms with Gasteiger partial charge in [-0.05, 0) is 96.8 Å². The van der Waals surface area contributed by atoms with Crippen LogP contribution in [0.25, 0.3) is 32.8 Å². The predicted octanol–water partition coefficient (Wildman–Crippen LogP) is 5.38. The Morgan fingerprint density at radius 1 is 0.660 bits per heavy atom. The molecule has 14 nitrogen and oxygen atoms in total. The quantitative estimate of drug-likeness (QED) is 0.105. The van der Waals surface area contributed by atoms with Gasteiger partial charge in [-0.1, -0.05) is 0 Å². The highest BCUT2D eigenvalue weighted by molar-refractivity contribution is 7.12. The van der Waals surface area contributed by atoms with Gasteiger partial charge in [-0.25, -0.2) is 9.97 Å². The summed E-state index contributed by atoms with van der Waals surface area (Å²) in [5.74, 6) is -1.29. The monoisotopic (exact) mass is 756 g/mol. The first-order valence-electron chi connectivity index (χ1n) is 16.1. The zero-order chi connectivity index (χ0) is 38.1. The van der Waals surface area contributed by atoms with E-state index in [1.54, 1.807) is 25.0 Å². The Morgan fingerprint density at radius 2 is 1.11 bits per heavy atom. The number of aliphatic carboxylic acids is 2. The summed E-state index contributed by atoms with van der Waals surface area (Å²) < 4.78 is 14.2. The highest BCUT2D eigenvalue weighted by Gasteiger charge is 2.19. The summed E-state index contributed by atoms with van der Waals surface area (Å²) in [4.78, 5) is 53.3. The van der Waals surface area contributed by atoms with E-state index < -0.39 is 23.8 Å². The van der Waals surface area contributed by atoms with Gasteiger partial charge in [0.05, 0.1) is 50.6 Å². The minimum Gasteiger partial charge on any atom is -0.497 e. The number of aryl methyl sites for hydroxylation is 2. The number of nitrogens with two attached hydrogens (primary N) is 2. The fraction of sp³-hybridized carbons (Fsp3) is 0.189. The van der Waals surface area contributed by atoms with Gasteiger partial charge in [0.1, 0.15) is 17.2 Å². The topological polar surface area (TPSA) is 215 Å². The molecule has 0 saturated carbocycles. The van der Waals surface area contributed by atoms with Crippen molar-refractivity contribution in [3.05, 3.63) is 106 Å². The Balaban J connectivity index is 0.000000204. The number of rotatable bonds is 15. The minimum atomic E-state index is -0.874. The van der Waals surface area contributed by atoms with Gasteiger partial charge in [-0.15, -0.1) is 22.7 Å². The van der Waals surface area contributed by atoms with Gasteiger partial charge in [0, 0.05) is 22.1 Å². The number of carbonyl (C=O) groups excluding carboxylic acids is 2. The fourth-order valence-electron chi connectivity index (χ4n) is 5.38. The molecular weight excluding hydrogens is 721 g/mol. The highest BCUT2D eigenvalue weighted by Crippen LogP contribution is 2.32. The average molecular weight is 757 g/mol. The molecule has 0 radical (unpaired) electrons. The van der Waals surface area contributed by atoms with E-state index in [9.17, 15) is 19.2 Å². The third kappa shape index (κ3) is 9.55. The standard InChI is InChI=1S/C19H19N3O4S.C18H17N3O4S/c1-26-15-6-2-12(3-7-15)16-8-4-14(5-9-18(24)25)22(16)19-21-13(11-27-19)10-17(20)23;1-25-13-6-2-11(3-7-13)15-8-4-12(5-9-16(22)23)21(15)18-20-14(10-26-18)17(19)24/h2-4,6-8,11H,5,9-10H2,1H3,(H2,20,23)(H,24,25);2-4,6-8,10H,5,9H2,1H3,(H2,19,24)(H,22,23). The summed E-state index contributed by atoms with van der Waals surface area (Å²) in [7, 11) is 3.21. The van der Waals surface area contributed by atoms with E-state index in [-0.39, 0.29) is 25.0 Å². The van der Waals surface area contributed by atoms with Gasteiger partial charge in [0.2, 0.25) is 5.91 Å². The zero-order valence-corrected chi connectivity index (χ0v) is 30.4. The van der Waals surface area contributed by atoms with E-state index in [1.807, 2.05) is 81.9 Å². The number of hydrogen-bond acceptors (Lipinski definition) is 10. The minimum absolute atomic E-state index is 0.000117. The molecule has 6 rings (SSSR count). The van der Waals surface area contributed by atoms with Crippen LogP contribution >= 0.6 is 22.7 Å².